The lowest BCUT2D eigenvalue weighted by Gasteiger charge is -2.19. The van der Waals surface area contributed by atoms with Crippen LogP contribution in [0.15, 0.2) is 17.1 Å². The molecule has 0 bridgehead atoms. The Morgan fingerprint density at radius 2 is 2.00 bits per heavy atom. The van der Waals surface area contributed by atoms with E-state index in [1.165, 1.54) is 19.2 Å². The monoisotopic (exact) mass is 280 g/mol. The fourth-order valence-electron chi connectivity index (χ4n) is 1.56. The largest absolute Gasteiger partial charge is 0.444 e. The summed E-state index contributed by atoms with van der Waals surface area (Å²) in [5.41, 5.74) is -0.0453. The number of H-pyrrole nitrogens is 1. The van der Waals surface area contributed by atoms with E-state index in [0.717, 1.165) is 5.56 Å². The smallest absolute Gasteiger partial charge is 0.407 e. The molecule has 2 N–H and O–H groups in total. The van der Waals surface area contributed by atoms with Gasteiger partial charge in [0.25, 0.3) is 5.56 Å². The average molecular weight is 280 g/mol. The number of pyridine rings is 1. The van der Waals surface area contributed by atoms with Gasteiger partial charge in [-0.3, -0.25) is 9.59 Å². The number of ether oxygens (including phenoxy) is 1. The Bertz CT molecular complexity index is 555. The van der Waals surface area contributed by atoms with Gasteiger partial charge in [0.1, 0.15) is 5.60 Å². The van der Waals surface area contributed by atoms with Crippen LogP contribution >= 0.6 is 0 Å². The molecular formula is C14H20N2O4. The summed E-state index contributed by atoms with van der Waals surface area (Å²) in [6, 6.07) is 1.54. The molecule has 0 aliphatic rings. The number of hydrogen-bond donors (Lipinski definition) is 2. The van der Waals surface area contributed by atoms with Crippen molar-refractivity contribution >= 4 is 11.9 Å². The minimum atomic E-state index is -0.538. The Kier molecular flexibility index (Phi) is 5.07. The zero-order valence-corrected chi connectivity index (χ0v) is 12.2. The topological polar surface area (TPSA) is 88.3 Å². The summed E-state index contributed by atoms with van der Waals surface area (Å²) in [6.45, 7) is 7.06. The third-order valence-electron chi connectivity index (χ3n) is 2.42. The highest BCUT2D eigenvalue weighted by Crippen LogP contribution is 2.06. The molecule has 1 aromatic heterocycles. The molecule has 1 amide bonds. The molecule has 20 heavy (non-hydrogen) atoms. The zero-order chi connectivity index (χ0) is 15.3. The lowest BCUT2D eigenvalue weighted by atomic mass is 10.1. The molecule has 0 unspecified atom stereocenters. The second-order valence-electron chi connectivity index (χ2n) is 5.49. The Labute approximate surface area is 117 Å². The summed E-state index contributed by atoms with van der Waals surface area (Å²) in [5.74, 6) is -0.284. The maximum atomic E-state index is 11.4. The number of nitrogens with one attached hydrogen (secondary N) is 2. The van der Waals surface area contributed by atoms with Crippen LogP contribution in [-0.4, -0.2) is 29.0 Å². The van der Waals surface area contributed by atoms with Gasteiger partial charge in [0.2, 0.25) is 0 Å². The van der Waals surface area contributed by atoms with Crippen molar-refractivity contribution in [1.29, 1.82) is 0 Å². The van der Waals surface area contributed by atoms with E-state index in [2.05, 4.69) is 10.3 Å². The number of Topliss-reactive ketones (excluding diaryl/α,β-unsaturated/α-hetero) is 1. The Balaban J connectivity index is 2.55. The quantitative estimate of drug-likeness (QED) is 0.821. The van der Waals surface area contributed by atoms with Gasteiger partial charge in [-0.2, -0.15) is 0 Å². The van der Waals surface area contributed by atoms with E-state index in [9.17, 15) is 14.4 Å². The van der Waals surface area contributed by atoms with Crippen LogP contribution in [0.4, 0.5) is 4.79 Å². The third-order valence-corrected chi connectivity index (χ3v) is 2.42. The first kappa shape index (κ1) is 15.9. The van der Waals surface area contributed by atoms with Crippen molar-refractivity contribution in [3.63, 3.8) is 0 Å². The van der Waals surface area contributed by atoms with Crippen molar-refractivity contribution in [2.75, 3.05) is 6.54 Å². The van der Waals surface area contributed by atoms with E-state index in [0.29, 0.717) is 13.0 Å². The highest BCUT2D eigenvalue weighted by atomic mass is 16.6. The number of alkyl carbamates (subject to hydrolysis) is 1. The fourth-order valence-corrected chi connectivity index (χ4v) is 1.56. The summed E-state index contributed by atoms with van der Waals surface area (Å²) in [7, 11) is 0. The van der Waals surface area contributed by atoms with Crippen molar-refractivity contribution < 1.29 is 14.3 Å². The van der Waals surface area contributed by atoms with Gasteiger partial charge in [0.15, 0.2) is 5.78 Å². The van der Waals surface area contributed by atoms with Crippen LogP contribution in [0, 0.1) is 0 Å². The standard InChI is InChI=1S/C14H20N2O4/c1-9(17)11-7-10(8-16-12(11)18)5-6-15-13(19)20-14(2,3)4/h7-8H,5-6H2,1-4H3,(H,15,19)(H,16,18). The second kappa shape index (κ2) is 6.36. The molecule has 6 heteroatoms. The van der Waals surface area contributed by atoms with Gasteiger partial charge in [-0.1, -0.05) is 0 Å². The number of aromatic nitrogens is 1. The summed E-state index contributed by atoms with van der Waals surface area (Å²) in [6.07, 6.45) is 1.54. The molecule has 1 aromatic rings. The Morgan fingerprint density at radius 1 is 1.35 bits per heavy atom. The van der Waals surface area contributed by atoms with E-state index in [1.54, 1.807) is 20.8 Å². The summed E-state index contributed by atoms with van der Waals surface area (Å²) in [4.78, 5) is 36.6. The lowest BCUT2D eigenvalue weighted by Crippen LogP contribution is -2.33. The molecule has 6 nitrogen and oxygen atoms in total. The molecule has 1 rings (SSSR count). The molecule has 0 saturated carbocycles. The SMILES string of the molecule is CC(=O)c1cc(CCNC(=O)OC(C)(C)C)c[nH]c1=O. The summed E-state index contributed by atoms with van der Waals surface area (Å²) >= 11 is 0. The number of hydrogen-bond acceptors (Lipinski definition) is 4. The molecule has 1 heterocycles. The first-order valence-corrected chi connectivity index (χ1v) is 6.38. The third kappa shape index (κ3) is 5.26. The van der Waals surface area contributed by atoms with Crippen LogP contribution in [0.3, 0.4) is 0 Å². The van der Waals surface area contributed by atoms with Crippen LogP contribution in [0.25, 0.3) is 0 Å². The first-order chi connectivity index (χ1) is 9.19. The lowest BCUT2D eigenvalue weighted by molar-refractivity contribution is 0.0528. The van der Waals surface area contributed by atoms with Crippen molar-refractivity contribution in [3.8, 4) is 0 Å². The predicted octanol–water partition coefficient (Wildman–Crippen LogP) is 1.64. The molecule has 0 atom stereocenters. The van der Waals surface area contributed by atoms with E-state index in [4.69, 9.17) is 4.74 Å². The van der Waals surface area contributed by atoms with Crippen LogP contribution < -0.4 is 10.9 Å². The molecule has 0 fully saturated rings. The van der Waals surface area contributed by atoms with Gasteiger partial charge >= 0.3 is 6.09 Å². The van der Waals surface area contributed by atoms with Crippen molar-refractivity contribution in [2.24, 2.45) is 0 Å². The number of ketones is 1. The molecule has 0 radical (unpaired) electrons. The van der Waals surface area contributed by atoms with E-state index >= 15 is 0 Å². The van der Waals surface area contributed by atoms with E-state index in [-0.39, 0.29) is 11.3 Å². The van der Waals surface area contributed by atoms with Crippen molar-refractivity contribution in [3.05, 3.63) is 33.7 Å². The van der Waals surface area contributed by atoms with Gasteiger partial charge < -0.3 is 15.0 Å². The minimum absolute atomic E-state index is 0.125. The van der Waals surface area contributed by atoms with Gasteiger partial charge in [-0.15, -0.1) is 0 Å². The van der Waals surface area contributed by atoms with Gasteiger partial charge in [0, 0.05) is 12.7 Å². The number of rotatable bonds is 4. The fraction of sp³-hybridized carbons (Fsp3) is 0.500. The molecule has 0 aliphatic carbocycles. The van der Waals surface area contributed by atoms with Crippen LogP contribution in [0.2, 0.25) is 0 Å². The first-order valence-electron chi connectivity index (χ1n) is 6.38. The Morgan fingerprint density at radius 3 is 2.55 bits per heavy atom. The summed E-state index contributed by atoms with van der Waals surface area (Å²) < 4.78 is 5.09. The van der Waals surface area contributed by atoms with Gasteiger partial charge in [-0.05, 0) is 45.7 Å². The van der Waals surface area contributed by atoms with E-state index < -0.39 is 17.3 Å². The number of carbonyl (C=O) groups is 2. The molecule has 0 spiro atoms. The van der Waals surface area contributed by atoms with Gasteiger partial charge in [0.05, 0.1) is 5.56 Å². The Hall–Kier alpha value is -2.11. The van der Waals surface area contributed by atoms with Gasteiger partial charge in [-0.25, -0.2) is 4.79 Å². The van der Waals surface area contributed by atoms with E-state index in [1.807, 2.05) is 0 Å². The normalized spacial score (nSPS) is 11.0. The van der Waals surface area contributed by atoms with Crippen LogP contribution in [0.1, 0.15) is 43.6 Å². The van der Waals surface area contributed by atoms with Crippen molar-refractivity contribution in [1.82, 2.24) is 10.3 Å². The van der Waals surface area contributed by atoms with Crippen molar-refractivity contribution in [2.45, 2.75) is 39.7 Å². The number of amides is 1. The maximum absolute atomic E-state index is 11.4. The average Bonchev–Trinajstić information content (AvgIpc) is 2.28. The van der Waals surface area contributed by atoms with Crippen LogP contribution in [-0.2, 0) is 11.2 Å². The van der Waals surface area contributed by atoms with Crippen LogP contribution in [0.5, 0.6) is 0 Å². The zero-order valence-electron chi connectivity index (χ0n) is 12.2. The predicted molar refractivity (Wildman–Crippen MR) is 75.0 cm³/mol. The molecule has 0 saturated heterocycles. The minimum Gasteiger partial charge on any atom is -0.444 e. The molecule has 0 aromatic carbocycles. The molecular weight excluding hydrogens is 260 g/mol. The summed E-state index contributed by atoms with van der Waals surface area (Å²) in [5, 5.41) is 2.61. The molecule has 110 valence electrons. The number of aromatic amines is 1. The highest BCUT2D eigenvalue weighted by Gasteiger charge is 2.15. The molecule has 0 aliphatic heterocycles. The second-order valence-corrected chi connectivity index (χ2v) is 5.49. The maximum Gasteiger partial charge on any atom is 0.407 e. The number of carbonyl (C=O) groups excluding carboxylic acids is 2. The highest BCUT2D eigenvalue weighted by molar-refractivity contribution is 5.93.